The van der Waals surface area contributed by atoms with Gasteiger partial charge in [-0.2, -0.15) is 0 Å². The van der Waals surface area contributed by atoms with Gasteiger partial charge < -0.3 is 20.3 Å². The van der Waals surface area contributed by atoms with E-state index in [1.807, 2.05) is 13.0 Å². The highest BCUT2D eigenvalue weighted by atomic mass is 32.2. The third-order valence-electron chi connectivity index (χ3n) is 4.74. The number of likely N-dealkylation sites (tertiary alicyclic amines) is 1. The topological polar surface area (TPSA) is 95.1 Å². The minimum atomic E-state index is -3.55. The molecule has 164 valence electrons. The van der Waals surface area contributed by atoms with Gasteiger partial charge in [-0.15, -0.1) is 0 Å². The van der Waals surface area contributed by atoms with Crippen molar-refractivity contribution in [2.24, 2.45) is 4.99 Å². The summed E-state index contributed by atoms with van der Waals surface area (Å²) in [7, 11) is -2.01. The van der Waals surface area contributed by atoms with Crippen LogP contribution in [-0.2, 0) is 21.3 Å². The van der Waals surface area contributed by atoms with Crippen LogP contribution in [0.25, 0.3) is 0 Å². The number of guanidine groups is 1. The normalized spacial score (nSPS) is 16.0. The molecule has 1 aromatic carbocycles. The van der Waals surface area contributed by atoms with Crippen LogP contribution in [0.15, 0.2) is 34.2 Å². The molecule has 8 nitrogen and oxygen atoms in total. The number of nitrogens with zero attached hydrogens (tertiary/aromatic N) is 2. The monoisotopic (exact) mass is 425 g/mol. The van der Waals surface area contributed by atoms with Crippen molar-refractivity contribution < 1.29 is 13.2 Å². The first-order chi connectivity index (χ1) is 14.0. The van der Waals surface area contributed by atoms with E-state index >= 15 is 0 Å². The van der Waals surface area contributed by atoms with Crippen LogP contribution in [0.5, 0.6) is 0 Å². The predicted molar refractivity (Wildman–Crippen MR) is 117 cm³/mol. The summed E-state index contributed by atoms with van der Waals surface area (Å²) < 4.78 is 32.1. The molecule has 1 heterocycles. The van der Waals surface area contributed by atoms with Gasteiger partial charge in [0, 0.05) is 33.3 Å². The van der Waals surface area contributed by atoms with Crippen LogP contribution in [0.1, 0.15) is 31.7 Å². The van der Waals surface area contributed by atoms with Crippen LogP contribution < -0.4 is 15.4 Å². The van der Waals surface area contributed by atoms with Crippen LogP contribution >= 0.6 is 0 Å². The first-order valence-electron chi connectivity index (χ1n) is 10.4. The van der Waals surface area contributed by atoms with Crippen molar-refractivity contribution in [2.45, 2.75) is 37.6 Å². The summed E-state index contributed by atoms with van der Waals surface area (Å²) in [5.41, 5.74) is 0.841. The molecule has 0 atom stereocenters. The third kappa shape index (κ3) is 8.69. The molecule has 1 fully saturated rings. The molecule has 1 aliphatic rings. The fourth-order valence-corrected chi connectivity index (χ4v) is 4.28. The Kier molecular flexibility index (Phi) is 10.4. The lowest BCUT2D eigenvalue weighted by atomic mass is 10.1. The zero-order valence-corrected chi connectivity index (χ0v) is 18.4. The van der Waals surface area contributed by atoms with Gasteiger partial charge >= 0.3 is 0 Å². The highest BCUT2D eigenvalue weighted by molar-refractivity contribution is 7.89. The zero-order chi connectivity index (χ0) is 21.0. The van der Waals surface area contributed by atoms with Gasteiger partial charge in [0.05, 0.1) is 18.0 Å². The molecular weight excluding hydrogens is 390 g/mol. The number of piperidine rings is 1. The van der Waals surface area contributed by atoms with Crippen molar-refractivity contribution in [1.29, 1.82) is 0 Å². The Morgan fingerprint density at radius 1 is 1.17 bits per heavy atom. The molecule has 0 amide bonds. The molecule has 0 saturated carbocycles. The summed E-state index contributed by atoms with van der Waals surface area (Å²) in [5, 5.41) is 6.62. The molecule has 29 heavy (non-hydrogen) atoms. The zero-order valence-electron chi connectivity index (χ0n) is 17.6. The van der Waals surface area contributed by atoms with Crippen molar-refractivity contribution in [2.75, 3.05) is 53.0 Å². The van der Waals surface area contributed by atoms with E-state index in [1.165, 1.54) is 39.5 Å². The maximum atomic E-state index is 12.4. The van der Waals surface area contributed by atoms with Crippen molar-refractivity contribution in [3.8, 4) is 0 Å². The number of sulfonamides is 1. The molecule has 1 aromatic rings. The number of hydrogen-bond donors (Lipinski definition) is 3. The first kappa shape index (κ1) is 23.6. The molecule has 0 aromatic heterocycles. The Bertz CT molecular complexity index is 733. The van der Waals surface area contributed by atoms with Gasteiger partial charge in [-0.25, -0.2) is 18.1 Å². The van der Waals surface area contributed by atoms with Crippen LogP contribution in [0, 0.1) is 0 Å². The van der Waals surface area contributed by atoms with Gasteiger partial charge in [-0.05, 0) is 50.6 Å². The Balaban J connectivity index is 1.92. The molecule has 0 bridgehead atoms. The van der Waals surface area contributed by atoms with E-state index in [1.54, 1.807) is 18.2 Å². The lowest BCUT2D eigenvalue weighted by Gasteiger charge is -2.26. The standard InChI is InChI=1S/C20H35N5O3S/c1-3-21-20(22-10-14-25-12-5-4-6-13-25)23-17-18-8-7-9-19(16-18)29(26,27)24-11-15-28-2/h7-9,16,24H,3-6,10-15,17H2,1-2H3,(H2,21,22,23). The van der Waals surface area contributed by atoms with Crippen molar-refractivity contribution in [3.63, 3.8) is 0 Å². The van der Waals surface area contributed by atoms with E-state index in [2.05, 4.69) is 25.2 Å². The van der Waals surface area contributed by atoms with Crippen molar-refractivity contribution in [1.82, 2.24) is 20.3 Å². The summed E-state index contributed by atoms with van der Waals surface area (Å²) in [5.74, 6) is 0.746. The Hall–Kier alpha value is -1.68. The van der Waals surface area contributed by atoms with E-state index in [4.69, 9.17) is 4.74 Å². The smallest absolute Gasteiger partial charge is 0.240 e. The fourth-order valence-electron chi connectivity index (χ4n) is 3.20. The number of rotatable bonds is 11. The molecule has 0 radical (unpaired) electrons. The van der Waals surface area contributed by atoms with Crippen molar-refractivity contribution in [3.05, 3.63) is 29.8 Å². The second-order valence-corrected chi connectivity index (χ2v) is 8.83. The quantitative estimate of drug-likeness (QED) is 0.280. The highest BCUT2D eigenvalue weighted by Gasteiger charge is 2.14. The van der Waals surface area contributed by atoms with Crippen LogP contribution in [0.3, 0.4) is 0 Å². The molecular formula is C20H35N5O3S. The average molecular weight is 426 g/mol. The summed E-state index contributed by atoms with van der Waals surface area (Å²) in [6, 6.07) is 6.88. The number of hydrogen-bond acceptors (Lipinski definition) is 5. The fraction of sp³-hybridized carbons (Fsp3) is 0.650. The van der Waals surface area contributed by atoms with Crippen LogP contribution in [0.2, 0.25) is 0 Å². The minimum Gasteiger partial charge on any atom is -0.383 e. The van der Waals surface area contributed by atoms with Gasteiger partial charge in [0.15, 0.2) is 5.96 Å². The van der Waals surface area contributed by atoms with E-state index in [0.29, 0.717) is 13.2 Å². The van der Waals surface area contributed by atoms with Gasteiger partial charge in [0.1, 0.15) is 0 Å². The Morgan fingerprint density at radius 2 is 1.97 bits per heavy atom. The van der Waals surface area contributed by atoms with Gasteiger partial charge in [-0.3, -0.25) is 0 Å². The Labute approximate surface area is 175 Å². The van der Waals surface area contributed by atoms with Crippen LogP contribution in [0.4, 0.5) is 0 Å². The first-order valence-corrected chi connectivity index (χ1v) is 11.9. The second kappa shape index (κ2) is 12.8. The van der Waals surface area contributed by atoms with E-state index in [-0.39, 0.29) is 11.4 Å². The molecule has 1 saturated heterocycles. The van der Waals surface area contributed by atoms with Gasteiger partial charge in [0.2, 0.25) is 10.0 Å². The summed E-state index contributed by atoms with van der Waals surface area (Å²) in [6.45, 7) is 7.97. The number of methoxy groups -OCH3 is 1. The Morgan fingerprint density at radius 3 is 2.69 bits per heavy atom. The molecule has 0 spiro atoms. The molecule has 0 aliphatic carbocycles. The summed E-state index contributed by atoms with van der Waals surface area (Å²) >= 11 is 0. The number of benzene rings is 1. The highest BCUT2D eigenvalue weighted by Crippen LogP contribution is 2.12. The van der Waals surface area contributed by atoms with Crippen LogP contribution in [-0.4, -0.2) is 72.3 Å². The molecule has 0 unspecified atom stereocenters. The minimum absolute atomic E-state index is 0.240. The van der Waals surface area contributed by atoms with Crippen molar-refractivity contribution >= 4 is 16.0 Å². The molecule has 2 rings (SSSR count). The third-order valence-corrected chi connectivity index (χ3v) is 6.20. The predicted octanol–water partition coefficient (Wildman–Crippen LogP) is 1.15. The number of aliphatic imine (C=N–C) groups is 1. The van der Waals surface area contributed by atoms with Gasteiger partial charge in [-0.1, -0.05) is 18.6 Å². The van der Waals surface area contributed by atoms with E-state index in [9.17, 15) is 8.42 Å². The summed E-state index contributed by atoms with van der Waals surface area (Å²) in [4.78, 5) is 7.32. The van der Waals surface area contributed by atoms with E-state index in [0.717, 1.165) is 31.2 Å². The number of ether oxygens (including phenoxy) is 1. The number of nitrogens with one attached hydrogen (secondary N) is 3. The van der Waals surface area contributed by atoms with Gasteiger partial charge in [0.25, 0.3) is 0 Å². The van der Waals surface area contributed by atoms with E-state index < -0.39 is 10.0 Å². The lowest BCUT2D eigenvalue weighted by Crippen LogP contribution is -2.42. The SMILES string of the molecule is CCNC(=NCc1cccc(S(=O)(=O)NCCOC)c1)NCCN1CCCCC1. The average Bonchev–Trinajstić information content (AvgIpc) is 2.73. The lowest BCUT2D eigenvalue weighted by molar-refractivity contribution is 0.204. The molecule has 3 N–H and O–H groups in total. The maximum absolute atomic E-state index is 12.4. The summed E-state index contributed by atoms with van der Waals surface area (Å²) in [6.07, 6.45) is 3.91. The largest absolute Gasteiger partial charge is 0.383 e. The molecule has 9 heteroatoms. The second-order valence-electron chi connectivity index (χ2n) is 7.06. The maximum Gasteiger partial charge on any atom is 0.240 e. The molecule has 1 aliphatic heterocycles.